The summed E-state index contributed by atoms with van der Waals surface area (Å²) in [6, 6.07) is 11.8. The number of rotatable bonds is 20. The Morgan fingerprint density at radius 3 is 1.76 bits per heavy atom. The lowest BCUT2D eigenvalue weighted by Crippen LogP contribution is -2.07. The smallest absolute Gasteiger partial charge is 0.210 e. The Morgan fingerprint density at radius 1 is 0.524 bits per heavy atom. The van der Waals surface area contributed by atoms with Crippen LogP contribution in [0, 0.1) is 0 Å². The van der Waals surface area contributed by atoms with Gasteiger partial charge in [-0.25, -0.2) is 4.70 Å². The van der Waals surface area contributed by atoms with Crippen LogP contribution in [-0.2, 0) is 32.1 Å². The molecule has 0 unspecified atom stereocenters. The van der Waals surface area contributed by atoms with Crippen molar-refractivity contribution in [3.05, 3.63) is 86.5 Å². The summed E-state index contributed by atoms with van der Waals surface area (Å²) in [6.45, 7) is 13.6. The molecule has 0 atom stereocenters. The van der Waals surface area contributed by atoms with Crippen molar-refractivity contribution in [2.45, 2.75) is 157 Å². The first-order valence-electron chi connectivity index (χ1n) is 17.7. The predicted molar refractivity (Wildman–Crippen MR) is 184 cm³/mol. The average Bonchev–Trinajstić information content (AvgIpc) is 3.35. The molecule has 230 valence electrons. The molecule has 0 aromatic heterocycles. The van der Waals surface area contributed by atoms with E-state index in [1.54, 1.807) is 5.56 Å². The van der Waals surface area contributed by atoms with E-state index in [4.69, 9.17) is 0 Å². The topological polar surface area (TPSA) is 25.3 Å². The summed E-state index contributed by atoms with van der Waals surface area (Å²) >= 11 is 0. The molecule has 0 radical (unpaired) electrons. The molecule has 2 nitrogen and oxygen atoms in total. The third kappa shape index (κ3) is 9.01. The molecule has 0 saturated carbocycles. The molecule has 0 aliphatic carbocycles. The Balaban J connectivity index is 1.91. The van der Waals surface area contributed by atoms with E-state index in [9.17, 15) is 5.53 Å². The number of aryl methyl sites for hydroxylation is 4. The Morgan fingerprint density at radius 2 is 1.10 bits per heavy atom. The number of benzene rings is 2. The van der Waals surface area contributed by atoms with Gasteiger partial charge in [0.2, 0.25) is 11.4 Å². The van der Waals surface area contributed by atoms with Gasteiger partial charge in [0.25, 0.3) is 0 Å². The van der Waals surface area contributed by atoms with Gasteiger partial charge in [-0.05, 0) is 116 Å². The maximum absolute atomic E-state index is 11.8. The van der Waals surface area contributed by atoms with E-state index < -0.39 is 0 Å². The fourth-order valence-electron chi connectivity index (χ4n) is 6.57. The van der Waals surface area contributed by atoms with Crippen molar-refractivity contribution in [3.8, 4) is 0 Å². The molecule has 1 aliphatic heterocycles. The molecule has 0 spiro atoms. The molecule has 3 rings (SSSR count). The number of hydrogen-bond donors (Lipinski definition) is 0. The van der Waals surface area contributed by atoms with Gasteiger partial charge in [-0.1, -0.05) is 99.0 Å². The van der Waals surface area contributed by atoms with Gasteiger partial charge in [0.1, 0.15) is 0 Å². The van der Waals surface area contributed by atoms with E-state index in [1.807, 2.05) is 0 Å². The zero-order valence-electron chi connectivity index (χ0n) is 28.1. The normalized spacial score (nSPS) is 13.4. The predicted octanol–water partition coefficient (Wildman–Crippen LogP) is 12.4. The summed E-state index contributed by atoms with van der Waals surface area (Å²) in [4.78, 5) is 0. The van der Waals surface area contributed by atoms with Gasteiger partial charge < -0.3 is 5.53 Å². The summed E-state index contributed by atoms with van der Waals surface area (Å²) in [5, 5.41) is 0. The average molecular weight is 569 g/mol. The van der Waals surface area contributed by atoms with Crippen molar-refractivity contribution in [3.63, 3.8) is 0 Å². The molecule has 0 saturated heterocycles. The highest BCUT2D eigenvalue weighted by Gasteiger charge is 2.29. The Bertz CT molecular complexity index is 1210. The molecule has 1 heterocycles. The van der Waals surface area contributed by atoms with E-state index in [2.05, 4.69) is 78.0 Å². The van der Waals surface area contributed by atoms with Crippen molar-refractivity contribution < 1.29 is 4.70 Å². The highest BCUT2D eigenvalue weighted by Crippen LogP contribution is 2.39. The molecule has 0 bridgehead atoms. The lowest BCUT2D eigenvalue weighted by Gasteiger charge is -2.18. The standard InChI is InChI=1S/C40H60N2/c1-7-13-17-18-19-20-23-33-25-26-36(28-34(33)21-14-8-2)39-30-32(12-6)40(42(39)41)37-27-31(11-5)38(24-16-10-4)35(29-37)22-15-9-3/h25-30H,7-24H2,1-6H3. The zero-order valence-corrected chi connectivity index (χ0v) is 28.1. The SMILES string of the molecule is CCCCCCCCc1ccc(C2=CC(CC)=C(c3cc(CC)c(CCCC)c(CCCC)c3)[N+]2=[N-])cc1CCCC. The van der Waals surface area contributed by atoms with Crippen molar-refractivity contribution in [2.24, 2.45) is 0 Å². The molecule has 1 aliphatic rings. The Labute approximate surface area is 259 Å². The van der Waals surface area contributed by atoms with Gasteiger partial charge in [-0.15, -0.1) is 0 Å². The van der Waals surface area contributed by atoms with Crippen LogP contribution in [0.25, 0.3) is 16.9 Å². The minimum Gasteiger partial charge on any atom is -0.493 e. The van der Waals surface area contributed by atoms with Crippen LogP contribution in [0.4, 0.5) is 0 Å². The van der Waals surface area contributed by atoms with Gasteiger partial charge in [-0.3, -0.25) is 0 Å². The van der Waals surface area contributed by atoms with Gasteiger partial charge >= 0.3 is 0 Å². The van der Waals surface area contributed by atoms with E-state index in [1.165, 1.54) is 122 Å². The first-order chi connectivity index (χ1) is 20.5. The van der Waals surface area contributed by atoms with E-state index in [0.29, 0.717) is 0 Å². The molecule has 2 aromatic carbocycles. The molecule has 0 amide bonds. The third-order valence-electron chi connectivity index (χ3n) is 9.21. The van der Waals surface area contributed by atoms with E-state index >= 15 is 0 Å². The maximum atomic E-state index is 11.8. The number of hydrogen-bond acceptors (Lipinski definition) is 0. The first-order valence-corrected chi connectivity index (χ1v) is 17.7. The van der Waals surface area contributed by atoms with Gasteiger partial charge in [-0.2, -0.15) is 0 Å². The number of allylic oxidation sites excluding steroid dienone is 2. The molecule has 2 heteroatoms. The van der Waals surface area contributed by atoms with Crippen LogP contribution in [0.15, 0.2) is 42.0 Å². The monoisotopic (exact) mass is 568 g/mol. The second-order valence-corrected chi connectivity index (χ2v) is 12.5. The fourth-order valence-corrected chi connectivity index (χ4v) is 6.57. The lowest BCUT2D eigenvalue weighted by molar-refractivity contribution is -0.344. The largest absolute Gasteiger partial charge is 0.493 e. The van der Waals surface area contributed by atoms with Gasteiger partial charge in [0, 0.05) is 22.8 Å². The van der Waals surface area contributed by atoms with Gasteiger partial charge in [0.05, 0.1) is 0 Å². The van der Waals surface area contributed by atoms with Crippen molar-refractivity contribution >= 4 is 11.4 Å². The van der Waals surface area contributed by atoms with Crippen LogP contribution in [0.3, 0.4) is 0 Å². The second kappa shape index (κ2) is 18.2. The minimum absolute atomic E-state index is 0.901. The molecular weight excluding hydrogens is 508 g/mol. The van der Waals surface area contributed by atoms with Gasteiger partial charge in [0.15, 0.2) is 0 Å². The summed E-state index contributed by atoms with van der Waals surface area (Å²) in [7, 11) is 0. The molecule has 2 aromatic rings. The summed E-state index contributed by atoms with van der Waals surface area (Å²) in [5.74, 6) is 0. The lowest BCUT2D eigenvalue weighted by atomic mass is 9.89. The Kier molecular flexibility index (Phi) is 14.8. The van der Waals surface area contributed by atoms with Crippen LogP contribution in [0.2, 0.25) is 0 Å². The van der Waals surface area contributed by atoms with Crippen LogP contribution in [0.1, 0.15) is 164 Å². The highest BCUT2D eigenvalue weighted by atomic mass is 15.2. The molecular formula is C40H60N2. The summed E-state index contributed by atoms with van der Waals surface area (Å²) in [6.07, 6.45) is 24.0. The van der Waals surface area contributed by atoms with E-state index in [-0.39, 0.29) is 0 Å². The van der Waals surface area contributed by atoms with Crippen molar-refractivity contribution in [2.75, 3.05) is 0 Å². The third-order valence-corrected chi connectivity index (χ3v) is 9.21. The van der Waals surface area contributed by atoms with E-state index in [0.717, 1.165) is 49.1 Å². The number of unbranched alkanes of at least 4 members (excludes halogenated alkanes) is 8. The second-order valence-electron chi connectivity index (χ2n) is 12.5. The van der Waals surface area contributed by atoms with Crippen LogP contribution in [-0.4, -0.2) is 4.70 Å². The first kappa shape index (κ1) is 34.0. The summed E-state index contributed by atoms with van der Waals surface area (Å²) in [5.41, 5.74) is 24.7. The number of nitrogens with zero attached hydrogens (tertiary/aromatic N) is 2. The quantitative estimate of drug-likeness (QED) is 0.112. The van der Waals surface area contributed by atoms with Crippen LogP contribution >= 0.6 is 0 Å². The molecule has 0 N–H and O–H groups in total. The maximum Gasteiger partial charge on any atom is 0.210 e. The van der Waals surface area contributed by atoms with Crippen LogP contribution < -0.4 is 0 Å². The van der Waals surface area contributed by atoms with Crippen LogP contribution in [0.5, 0.6) is 0 Å². The minimum atomic E-state index is 0.901. The summed E-state index contributed by atoms with van der Waals surface area (Å²) < 4.78 is 1.51. The molecule has 0 fully saturated rings. The Hall–Kier alpha value is -2.48. The van der Waals surface area contributed by atoms with Crippen molar-refractivity contribution in [1.82, 2.24) is 0 Å². The molecule has 42 heavy (non-hydrogen) atoms. The highest BCUT2D eigenvalue weighted by molar-refractivity contribution is 5.79. The zero-order chi connectivity index (χ0) is 30.3. The van der Waals surface area contributed by atoms with Crippen molar-refractivity contribution in [1.29, 1.82) is 0 Å². The fraction of sp³-hybridized carbons (Fsp3) is 0.600.